The standard InChI is InChI=1S/C8H19N.C3H8/c1-5-8(2)6-7-9(3)4;1-3-2/h8H,5-7H2,1-4H3;3H2,1-2H3. The molecule has 0 saturated heterocycles. The van der Waals surface area contributed by atoms with Gasteiger partial charge in [-0.15, -0.1) is 0 Å². The van der Waals surface area contributed by atoms with Crippen LogP contribution in [0.3, 0.4) is 0 Å². The van der Waals surface area contributed by atoms with E-state index in [1.807, 2.05) is 0 Å². The fourth-order valence-corrected chi connectivity index (χ4v) is 0.683. The lowest BCUT2D eigenvalue weighted by Crippen LogP contribution is -2.15. The third kappa shape index (κ3) is 16.5. The van der Waals surface area contributed by atoms with Crippen LogP contribution in [0, 0.1) is 5.92 Å². The summed E-state index contributed by atoms with van der Waals surface area (Å²) in [5, 5.41) is 0. The van der Waals surface area contributed by atoms with Gasteiger partial charge in [-0.2, -0.15) is 0 Å². The van der Waals surface area contributed by atoms with Crippen LogP contribution in [0.25, 0.3) is 0 Å². The summed E-state index contributed by atoms with van der Waals surface area (Å²) in [5.74, 6) is 0.896. The second-order valence-electron chi connectivity index (χ2n) is 3.81. The first-order valence-electron chi connectivity index (χ1n) is 5.23. The smallest absolute Gasteiger partial charge is 0.00223 e. The van der Waals surface area contributed by atoms with Gasteiger partial charge in [0.2, 0.25) is 0 Å². The summed E-state index contributed by atoms with van der Waals surface area (Å²) >= 11 is 0. The molecule has 0 amide bonds. The van der Waals surface area contributed by atoms with Crippen LogP contribution in [0.2, 0.25) is 0 Å². The van der Waals surface area contributed by atoms with Gasteiger partial charge < -0.3 is 4.90 Å². The van der Waals surface area contributed by atoms with Crippen molar-refractivity contribution >= 4 is 0 Å². The summed E-state index contributed by atoms with van der Waals surface area (Å²) in [4.78, 5) is 2.24. The van der Waals surface area contributed by atoms with Crippen molar-refractivity contribution in [2.24, 2.45) is 5.92 Å². The molecule has 0 aliphatic rings. The van der Waals surface area contributed by atoms with E-state index in [1.54, 1.807) is 0 Å². The summed E-state index contributed by atoms with van der Waals surface area (Å²) in [6.07, 6.45) is 3.90. The maximum absolute atomic E-state index is 2.31. The molecule has 0 fully saturated rings. The lowest BCUT2D eigenvalue weighted by Gasteiger charge is -2.12. The van der Waals surface area contributed by atoms with Crippen LogP contribution in [0.4, 0.5) is 0 Å². The molecule has 1 heteroatoms. The van der Waals surface area contributed by atoms with Gasteiger partial charge in [0.1, 0.15) is 0 Å². The minimum Gasteiger partial charge on any atom is -0.309 e. The Balaban J connectivity index is 0. The molecule has 76 valence electrons. The Kier molecular flexibility index (Phi) is 13.2. The van der Waals surface area contributed by atoms with E-state index in [4.69, 9.17) is 0 Å². The van der Waals surface area contributed by atoms with Crippen LogP contribution in [0.5, 0.6) is 0 Å². The highest BCUT2D eigenvalue weighted by molar-refractivity contribution is 4.51. The van der Waals surface area contributed by atoms with Crippen molar-refractivity contribution in [2.45, 2.75) is 47.0 Å². The van der Waals surface area contributed by atoms with Crippen molar-refractivity contribution < 1.29 is 0 Å². The molecular weight excluding hydrogens is 146 g/mol. The van der Waals surface area contributed by atoms with Crippen molar-refractivity contribution in [3.63, 3.8) is 0 Å². The second kappa shape index (κ2) is 11.0. The number of hydrogen-bond acceptors (Lipinski definition) is 1. The predicted octanol–water partition coefficient (Wildman–Crippen LogP) is 3.40. The summed E-state index contributed by atoms with van der Waals surface area (Å²) in [6.45, 7) is 10.0. The van der Waals surface area contributed by atoms with Crippen LogP contribution in [0.15, 0.2) is 0 Å². The minimum absolute atomic E-state index is 0.896. The lowest BCUT2D eigenvalue weighted by atomic mass is 10.1. The molecule has 0 radical (unpaired) electrons. The van der Waals surface area contributed by atoms with Gasteiger partial charge in [0.15, 0.2) is 0 Å². The topological polar surface area (TPSA) is 3.24 Å². The average Bonchev–Trinajstić information content (AvgIpc) is 2.01. The summed E-state index contributed by atoms with van der Waals surface area (Å²) < 4.78 is 0. The summed E-state index contributed by atoms with van der Waals surface area (Å²) in [7, 11) is 4.25. The Labute approximate surface area is 79.2 Å². The Morgan fingerprint density at radius 2 is 1.50 bits per heavy atom. The first-order valence-corrected chi connectivity index (χ1v) is 5.23. The van der Waals surface area contributed by atoms with E-state index < -0.39 is 0 Å². The predicted molar refractivity (Wildman–Crippen MR) is 58.6 cm³/mol. The van der Waals surface area contributed by atoms with Gasteiger partial charge in [-0.3, -0.25) is 0 Å². The fraction of sp³-hybridized carbons (Fsp3) is 1.00. The van der Waals surface area contributed by atoms with Gasteiger partial charge in [-0.05, 0) is 33.0 Å². The highest BCUT2D eigenvalue weighted by Gasteiger charge is 1.97. The van der Waals surface area contributed by atoms with E-state index in [2.05, 4.69) is 46.7 Å². The molecule has 0 aliphatic heterocycles. The quantitative estimate of drug-likeness (QED) is 0.630. The van der Waals surface area contributed by atoms with Crippen molar-refractivity contribution in [1.82, 2.24) is 4.90 Å². The highest BCUT2D eigenvalue weighted by Crippen LogP contribution is 2.05. The van der Waals surface area contributed by atoms with Crippen LogP contribution in [-0.4, -0.2) is 25.5 Å². The molecule has 0 N–H and O–H groups in total. The van der Waals surface area contributed by atoms with E-state index in [0.717, 1.165) is 5.92 Å². The molecule has 0 aromatic heterocycles. The van der Waals surface area contributed by atoms with Gasteiger partial charge in [-0.25, -0.2) is 0 Å². The molecule has 12 heavy (non-hydrogen) atoms. The van der Waals surface area contributed by atoms with Crippen LogP contribution < -0.4 is 0 Å². The minimum atomic E-state index is 0.896. The first-order chi connectivity index (χ1) is 5.58. The third-order valence-corrected chi connectivity index (χ3v) is 1.77. The van der Waals surface area contributed by atoms with Crippen molar-refractivity contribution in [3.05, 3.63) is 0 Å². The molecule has 0 saturated carbocycles. The number of hydrogen-bond donors (Lipinski definition) is 0. The van der Waals surface area contributed by atoms with E-state index in [9.17, 15) is 0 Å². The molecule has 0 spiro atoms. The summed E-state index contributed by atoms with van der Waals surface area (Å²) in [6, 6.07) is 0. The lowest BCUT2D eigenvalue weighted by molar-refractivity contribution is 0.356. The van der Waals surface area contributed by atoms with E-state index in [1.165, 1.54) is 25.8 Å². The van der Waals surface area contributed by atoms with Crippen molar-refractivity contribution in [2.75, 3.05) is 20.6 Å². The Morgan fingerprint density at radius 3 is 1.75 bits per heavy atom. The molecule has 1 atom stereocenters. The molecule has 0 aromatic carbocycles. The second-order valence-corrected chi connectivity index (χ2v) is 3.81. The van der Waals surface area contributed by atoms with Crippen LogP contribution in [-0.2, 0) is 0 Å². The van der Waals surface area contributed by atoms with E-state index >= 15 is 0 Å². The molecule has 1 nitrogen and oxygen atoms in total. The van der Waals surface area contributed by atoms with Gasteiger partial charge >= 0.3 is 0 Å². The SMILES string of the molecule is CCC.CCC(C)CCN(C)C. The maximum atomic E-state index is 2.31. The zero-order valence-electron chi connectivity index (χ0n) is 9.85. The molecule has 1 unspecified atom stereocenters. The molecule has 0 bridgehead atoms. The van der Waals surface area contributed by atoms with Crippen LogP contribution >= 0.6 is 0 Å². The Morgan fingerprint density at radius 1 is 1.08 bits per heavy atom. The van der Waals surface area contributed by atoms with Crippen molar-refractivity contribution in [3.8, 4) is 0 Å². The molecule has 0 rings (SSSR count). The third-order valence-electron chi connectivity index (χ3n) is 1.77. The van der Waals surface area contributed by atoms with Gasteiger partial charge in [0, 0.05) is 0 Å². The van der Waals surface area contributed by atoms with E-state index in [-0.39, 0.29) is 0 Å². The zero-order valence-corrected chi connectivity index (χ0v) is 9.85. The monoisotopic (exact) mass is 173 g/mol. The molecule has 0 heterocycles. The highest BCUT2D eigenvalue weighted by atomic mass is 15.0. The maximum Gasteiger partial charge on any atom is -0.00223 e. The van der Waals surface area contributed by atoms with Gasteiger partial charge in [0.25, 0.3) is 0 Å². The van der Waals surface area contributed by atoms with Gasteiger partial charge in [0.05, 0.1) is 0 Å². The largest absolute Gasteiger partial charge is 0.309 e. The van der Waals surface area contributed by atoms with E-state index in [0.29, 0.717) is 0 Å². The number of rotatable bonds is 4. The first kappa shape index (κ1) is 14.5. The molecule has 0 aromatic rings. The fourth-order valence-electron chi connectivity index (χ4n) is 0.683. The molecular formula is C11H27N. The van der Waals surface area contributed by atoms with Crippen LogP contribution in [0.1, 0.15) is 47.0 Å². The molecule has 0 aliphatic carbocycles. The Bertz CT molecular complexity index is 69.4. The average molecular weight is 173 g/mol. The number of nitrogens with zero attached hydrogens (tertiary/aromatic N) is 1. The van der Waals surface area contributed by atoms with Crippen molar-refractivity contribution in [1.29, 1.82) is 0 Å². The zero-order chi connectivity index (χ0) is 9.98. The normalized spacial score (nSPS) is 12.2. The Hall–Kier alpha value is -0.0400. The van der Waals surface area contributed by atoms with Gasteiger partial charge in [-0.1, -0.05) is 40.5 Å². The summed E-state index contributed by atoms with van der Waals surface area (Å²) in [5.41, 5.74) is 0.